The Balaban J connectivity index is 1.40. The van der Waals surface area contributed by atoms with E-state index in [1.54, 1.807) is 7.05 Å². The minimum Gasteiger partial charge on any atom is -0.369 e. The Morgan fingerprint density at radius 1 is 1.19 bits per heavy atom. The second-order valence-corrected chi connectivity index (χ2v) is 7.92. The third-order valence-corrected chi connectivity index (χ3v) is 5.86. The molecule has 32 heavy (non-hydrogen) atoms. The second kappa shape index (κ2) is 8.90. The van der Waals surface area contributed by atoms with Crippen molar-refractivity contribution < 1.29 is 9.53 Å². The SMILES string of the molecule is CNC(=O)c1cc([C@H]2CN(Cc3cn[nH]c3-c3ccccc3)CCO2)nc2ccccc12. The molecule has 2 aromatic heterocycles. The lowest BCUT2D eigenvalue weighted by Crippen LogP contribution is -2.38. The molecular formula is C25H25N5O2. The van der Waals surface area contributed by atoms with Crippen molar-refractivity contribution in [3.05, 3.63) is 83.7 Å². The van der Waals surface area contributed by atoms with Crippen LogP contribution < -0.4 is 5.32 Å². The fourth-order valence-corrected chi connectivity index (χ4v) is 4.24. The zero-order valence-corrected chi connectivity index (χ0v) is 17.9. The van der Waals surface area contributed by atoms with Crippen LogP contribution in [0.25, 0.3) is 22.2 Å². The van der Waals surface area contributed by atoms with E-state index in [1.807, 2.05) is 54.7 Å². The quantitative estimate of drug-likeness (QED) is 0.509. The molecule has 7 nitrogen and oxygen atoms in total. The molecule has 4 aromatic rings. The van der Waals surface area contributed by atoms with Crippen LogP contribution in [0.15, 0.2) is 66.9 Å². The summed E-state index contributed by atoms with van der Waals surface area (Å²) in [4.78, 5) is 19.7. The van der Waals surface area contributed by atoms with E-state index >= 15 is 0 Å². The number of fused-ring (bicyclic) bond motifs is 1. The van der Waals surface area contributed by atoms with Crippen molar-refractivity contribution in [3.8, 4) is 11.3 Å². The third kappa shape index (κ3) is 4.00. The van der Waals surface area contributed by atoms with Crippen LogP contribution in [-0.4, -0.2) is 52.7 Å². The molecule has 0 radical (unpaired) electrons. The highest BCUT2D eigenvalue weighted by Gasteiger charge is 2.26. The molecule has 1 saturated heterocycles. The van der Waals surface area contributed by atoms with Crippen LogP contribution in [0.3, 0.4) is 0 Å². The van der Waals surface area contributed by atoms with Gasteiger partial charge in [0.25, 0.3) is 5.91 Å². The number of H-pyrrole nitrogens is 1. The highest BCUT2D eigenvalue weighted by atomic mass is 16.5. The van der Waals surface area contributed by atoms with Gasteiger partial charge in [-0.15, -0.1) is 0 Å². The number of para-hydroxylation sites is 1. The lowest BCUT2D eigenvalue weighted by molar-refractivity contribution is -0.0348. The molecule has 162 valence electrons. The number of aromatic nitrogens is 3. The molecule has 0 bridgehead atoms. The molecule has 1 atom stereocenters. The summed E-state index contributed by atoms with van der Waals surface area (Å²) >= 11 is 0. The summed E-state index contributed by atoms with van der Waals surface area (Å²) in [5.74, 6) is -0.122. The molecule has 1 aliphatic heterocycles. The van der Waals surface area contributed by atoms with Crippen molar-refractivity contribution >= 4 is 16.8 Å². The predicted octanol–water partition coefficient (Wildman–Crippen LogP) is 3.56. The Morgan fingerprint density at radius 3 is 2.84 bits per heavy atom. The first-order valence-corrected chi connectivity index (χ1v) is 10.8. The van der Waals surface area contributed by atoms with Crippen LogP contribution in [0.1, 0.15) is 27.7 Å². The van der Waals surface area contributed by atoms with E-state index in [2.05, 4.69) is 32.5 Å². The molecule has 0 unspecified atom stereocenters. The summed E-state index contributed by atoms with van der Waals surface area (Å²) in [5.41, 5.74) is 5.51. The molecule has 0 aliphatic carbocycles. The first kappa shape index (κ1) is 20.4. The zero-order chi connectivity index (χ0) is 21.9. The van der Waals surface area contributed by atoms with Gasteiger partial charge in [-0.2, -0.15) is 5.10 Å². The van der Waals surface area contributed by atoms with Gasteiger partial charge in [-0.1, -0.05) is 48.5 Å². The Hall–Kier alpha value is -3.55. The summed E-state index contributed by atoms with van der Waals surface area (Å²) in [7, 11) is 1.64. The van der Waals surface area contributed by atoms with Gasteiger partial charge in [-0.05, 0) is 17.7 Å². The van der Waals surface area contributed by atoms with Crippen molar-refractivity contribution in [2.24, 2.45) is 0 Å². The standard InChI is InChI=1S/C25H25N5O2/c1-26-25(31)20-13-22(28-21-10-6-5-9-19(20)21)23-16-30(11-12-32-23)15-18-14-27-29-24(18)17-7-3-2-4-8-17/h2-10,13-14,23H,11-12,15-16H2,1H3,(H,26,31)(H,27,29)/t23-/m1/s1. The van der Waals surface area contributed by atoms with Gasteiger partial charge < -0.3 is 10.1 Å². The van der Waals surface area contributed by atoms with E-state index in [-0.39, 0.29) is 12.0 Å². The molecule has 1 aliphatic rings. The highest BCUT2D eigenvalue weighted by molar-refractivity contribution is 6.06. The number of carbonyl (C=O) groups is 1. The smallest absolute Gasteiger partial charge is 0.251 e. The normalized spacial score (nSPS) is 16.8. The number of nitrogens with zero attached hydrogens (tertiary/aromatic N) is 3. The number of benzene rings is 2. The van der Waals surface area contributed by atoms with Crippen molar-refractivity contribution in [3.63, 3.8) is 0 Å². The van der Waals surface area contributed by atoms with Gasteiger partial charge in [0.2, 0.25) is 0 Å². The largest absolute Gasteiger partial charge is 0.369 e. The van der Waals surface area contributed by atoms with Gasteiger partial charge in [0, 0.05) is 37.6 Å². The molecule has 0 saturated carbocycles. The van der Waals surface area contributed by atoms with Crippen LogP contribution in [0.4, 0.5) is 0 Å². The Kier molecular flexibility index (Phi) is 5.66. The zero-order valence-electron chi connectivity index (χ0n) is 17.9. The fraction of sp³-hybridized carbons (Fsp3) is 0.240. The number of amides is 1. The van der Waals surface area contributed by atoms with Gasteiger partial charge in [0.1, 0.15) is 6.10 Å². The molecule has 2 N–H and O–H groups in total. The summed E-state index contributed by atoms with van der Waals surface area (Å²) in [5, 5.41) is 11.0. The molecule has 7 heteroatoms. The van der Waals surface area contributed by atoms with E-state index < -0.39 is 0 Å². The highest BCUT2D eigenvalue weighted by Crippen LogP contribution is 2.28. The van der Waals surface area contributed by atoms with Crippen molar-refractivity contribution in [2.45, 2.75) is 12.6 Å². The van der Waals surface area contributed by atoms with Crippen LogP contribution >= 0.6 is 0 Å². The topological polar surface area (TPSA) is 83.1 Å². The number of aromatic amines is 1. The number of carbonyl (C=O) groups excluding carboxylic acids is 1. The molecular weight excluding hydrogens is 402 g/mol. The molecule has 3 heterocycles. The first-order chi connectivity index (χ1) is 15.7. The van der Waals surface area contributed by atoms with Gasteiger partial charge in [-0.3, -0.25) is 14.8 Å². The van der Waals surface area contributed by atoms with Crippen LogP contribution in [0.2, 0.25) is 0 Å². The minimum atomic E-state index is -0.205. The molecule has 1 fully saturated rings. The Bertz CT molecular complexity index is 1240. The van der Waals surface area contributed by atoms with Gasteiger partial charge in [0.15, 0.2) is 0 Å². The van der Waals surface area contributed by atoms with Gasteiger partial charge in [-0.25, -0.2) is 4.98 Å². The van der Waals surface area contributed by atoms with Crippen LogP contribution in [0.5, 0.6) is 0 Å². The van der Waals surface area contributed by atoms with Crippen molar-refractivity contribution in [2.75, 3.05) is 26.7 Å². The number of ether oxygens (including phenoxy) is 1. The second-order valence-electron chi connectivity index (χ2n) is 7.92. The first-order valence-electron chi connectivity index (χ1n) is 10.8. The van der Waals surface area contributed by atoms with Crippen molar-refractivity contribution in [1.29, 1.82) is 0 Å². The molecule has 5 rings (SSSR count). The summed E-state index contributed by atoms with van der Waals surface area (Å²) in [6.07, 6.45) is 1.69. The van der Waals surface area contributed by atoms with Crippen LogP contribution in [0, 0.1) is 0 Å². The average Bonchev–Trinajstić information content (AvgIpc) is 3.31. The number of hydrogen-bond donors (Lipinski definition) is 2. The maximum absolute atomic E-state index is 12.5. The van der Waals surface area contributed by atoms with E-state index in [0.717, 1.165) is 46.5 Å². The predicted molar refractivity (Wildman–Crippen MR) is 123 cm³/mol. The third-order valence-electron chi connectivity index (χ3n) is 5.86. The number of pyridine rings is 1. The number of nitrogens with one attached hydrogen (secondary N) is 2. The summed E-state index contributed by atoms with van der Waals surface area (Å²) < 4.78 is 6.09. The molecule has 1 amide bonds. The maximum atomic E-state index is 12.5. The number of rotatable bonds is 5. The molecule has 0 spiro atoms. The Labute approximate surface area is 186 Å². The number of morpholine rings is 1. The Morgan fingerprint density at radius 2 is 2.00 bits per heavy atom. The fourth-order valence-electron chi connectivity index (χ4n) is 4.24. The van der Waals surface area contributed by atoms with Crippen LogP contribution in [-0.2, 0) is 11.3 Å². The van der Waals surface area contributed by atoms with Gasteiger partial charge >= 0.3 is 0 Å². The monoisotopic (exact) mass is 427 g/mol. The average molecular weight is 428 g/mol. The van der Waals surface area contributed by atoms with E-state index in [9.17, 15) is 4.79 Å². The minimum absolute atomic E-state index is 0.122. The molecule has 2 aromatic carbocycles. The van der Waals surface area contributed by atoms with E-state index in [1.165, 1.54) is 0 Å². The lowest BCUT2D eigenvalue weighted by atomic mass is 10.0. The summed E-state index contributed by atoms with van der Waals surface area (Å²) in [6.45, 7) is 2.88. The van der Waals surface area contributed by atoms with E-state index in [0.29, 0.717) is 18.7 Å². The van der Waals surface area contributed by atoms with E-state index in [4.69, 9.17) is 9.72 Å². The van der Waals surface area contributed by atoms with Crippen molar-refractivity contribution in [1.82, 2.24) is 25.4 Å². The summed E-state index contributed by atoms with van der Waals surface area (Å²) in [6, 6.07) is 19.8. The number of hydrogen-bond acceptors (Lipinski definition) is 5. The lowest BCUT2D eigenvalue weighted by Gasteiger charge is -2.32. The maximum Gasteiger partial charge on any atom is 0.251 e. The van der Waals surface area contributed by atoms with Gasteiger partial charge in [0.05, 0.1) is 35.3 Å².